The maximum absolute atomic E-state index is 12.9. The van der Waals surface area contributed by atoms with Crippen LogP contribution in [0, 0.1) is 5.92 Å². The van der Waals surface area contributed by atoms with E-state index in [2.05, 4.69) is 11.9 Å². The lowest BCUT2D eigenvalue weighted by molar-refractivity contribution is -0.130. The number of aldehydes is 1. The largest absolute Gasteiger partial charge is 0.444 e. The van der Waals surface area contributed by atoms with E-state index in [0.717, 1.165) is 11.8 Å². The Kier molecular flexibility index (Phi) is 10.3. The number of hydrogen-bond acceptors (Lipinski definition) is 5. The summed E-state index contributed by atoms with van der Waals surface area (Å²) in [5, 5.41) is 3.26. The highest BCUT2D eigenvalue weighted by atomic mass is 35.5. The van der Waals surface area contributed by atoms with Crippen LogP contribution in [-0.4, -0.2) is 30.5 Å². The zero-order chi connectivity index (χ0) is 25.1. The van der Waals surface area contributed by atoms with E-state index in [4.69, 9.17) is 21.1 Å². The predicted octanol–water partition coefficient (Wildman–Crippen LogP) is 6.10. The summed E-state index contributed by atoms with van der Waals surface area (Å²) in [5.74, 6) is -1.26. The van der Waals surface area contributed by atoms with Gasteiger partial charge in [0.15, 0.2) is 0 Å². The van der Waals surface area contributed by atoms with E-state index >= 15 is 0 Å². The van der Waals surface area contributed by atoms with Crippen LogP contribution in [0.3, 0.4) is 0 Å². The van der Waals surface area contributed by atoms with Crippen LogP contribution < -0.4 is 10.1 Å². The minimum Gasteiger partial charge on any atom is -0.444 e. The zero-order valence-corrected chi connectivity index (χ0v) is 20.6. The molecule has 2 atom stereocenters. The van der Waals surface area contributed by atoms with Crippen molar-refractivity contribution >= 4 is 29.9 Å². The first-order valence-electron chi connectivity index (χ1n) is 11.2. The van der Waals surface area contributed by atoms with Crippen molar-refractivity contribution in [3.8, 4) is 5.75 Å². The molecule has 0 unspecified atom stereocenters. The molecule has 0 aliphatic carbocycles. The van der Waals surface area contributed by atoms with Crippen molar-refractivity contribution in [2.75, 3.05) is 6.54 Å². The van der Waals surface area contributed by atoms with E-state index in [1.807, 2.05) is 6.07 Å². The molecule has 1 N–H and O–H groups in total. The molecule has 0 heterocycles. The van der Waals surface area contributed by atoms with Crippen molar-refractivity contribution in [3.63, 3.8) is 0 Å². The van der Waals surface area contributed by atoms with Gasteiger partial charge in [-0.05, 0) is 63.4 Å². The fraction of sp³-hybridized carbons (Fsp3) is 0.370. The molecule has 0 saturated heterocycles. The van der Waals surface area contributed by atoms with Crippen LogP contribution in [0.5, 0.6) is 5.75 Å². The first kappa shape index (κ1) is 27.1. The van der Waals surface area contributed by atoms with Crippen LogP contribution in [0.1, 0.15) is 51.5 Å². The predicted molar refractivity (Wildman–Crippen MR) is 133 cm³/mol. The Balaban J connectivity index is 2.05. The smallest absolute Gasteiger partial charge is 0.407 e. The average Bonchev–Trinajstić information content (AvgIpc) is 2.78. The summed E-state index contributed by atoms with van der Waals surface area (Å²) < 4.78 is 10.7. The number of amides is 1. The van der Waals surface area contributed by atoms with Crippen molar-refractivity contribution in [3.05, 3.63) is 77.3 Å². The van der Waals surface area contributed by atoms with Gasteiger partial charge in [0.1, 0.15) is 17.6 Å². The Bertz CT molecular complexity index is 967. The highest BCUT2D eigenvalue weighted by Crippen LogP contribution is 2.35. The van der Waals surface area contributed by atoms with E-state index in [9.17, 15) is 14.4 Å². The van der Waals surface area contributed by atoms with Crippen molar-refractivity contribution in [2.45, 2.75) is 51.6 Å². The fourth-order valence-corrected chi connectivity index (χ4v) is 3.61. The molecule has 7 heteroatoms. The third-order valence-electron chi connectivity index (χ3n) is 5.06. The zero-order valence-electron chi connectivity index (χ0n) is 19.9. The first-order valence-corrected chi connectivity index (χ1v) is 11.6. The summed E-state index contributed by atoms with van der Waals surface area (Å²) in [6.45, 7) is 9.80. The monoisotopic (exact) mass is 485 g/mol. The van der Waals surface area contributed by atoms with Crippen LogP contribution in [-0.2, 0) is 14.3 Å². The lowest BCUT2D eigenvalue weighted by Gasteiger charge is -2.25. The summed E-state index contributed by atoms with van der Waals surface area (Å²) in [6, 6.07) is 15.7. The molecular weight excluding hydrogens is 454 g/mol. The lowest BCUT2D eigenvalue weighted by Crippen LogP contribution is -2.33. The van der Waals surface area contributed by atoms with Crippen LogP contribution in [0.25, 0.3) is 0 Å². The molecule has 182 valence electrons. The number of benzene rings is 2. The van der Waals surface area contributed by atoms with Crippen molar-refractivity contribution < 1.29 is 23.9 Å². The molecule has 2 rings (SSSR count). The summed E-state index contributed by atoms with van der Waals surface area (Å²) in [4.78, 5) is 36.7. The maximum atomic E-state index is 12.9. The van der Waals surface area contributed by atoms with E-state index in [0.29, 0.717) is 36.6 Å². The highest BCUT2D eigenvalue weighted by Gasteiger charge is 2.30. The number of hydrogen-bond donors (Lipinski definition) is 1. The molecule has 0 fully saturated rings. The van der Waals surface area contributed by atoms with Gasteiger partial charge in [0.05, 0.1) is 0 Å². The summed E-state index contributed by atoms with van der Waals surface area (Å²) in [5.41, 5.74) is 0.381. The second kappa shape index (κ2) is 12.9. The number of ether oxygens (including phenoxy) is 2. The fourth-order valence-electron chi connectivity index (χ4n) is 3.49. The number of rotatable bonds is 11. The molecule has 0 radical (unpaired) electrons. The summed E-state index contributed by atoms with van der Waals surface area (Å²) >= 11 is 6.03. The van der Waals surface area contributed by atoms with Crippen molar-refractivity contribution in [1.82, 2.24) is 5.32 Å². The van der Waals surface area contributed by atoms with Crippen molar-refractivity contribution in [1.29, 1.82) is 0 Å². The van der Waals surface area contributed by atoms with Gasteiger partial charge >= 0.3 is 12.1 Å². The Morgan fingerprint density at radius 3 is 2.29 bits per heavy atom. The van der Waals surface area contributed by atoms with E-state index < -0.39 is 29.5 Å². The van der Waals surface area contributed by atoms with E-state index in [1.165, 1.54) is 0 Å². The number of halogens is 1. The number of carbonyl (C=O) groups excluding carboxylic acids is 3. The Hall–Kier alpha value is -3.12. The molecule has 34 heavy (non-hydrogen) atoms. The molecule has 0 spiro atoms. The van der Waals surface area contributed by atoms with E-state index in [1.54, 1.807) is 69.3 Å². The second-order valence-electron chi connectivity index (χ2n) is 8.98. The molecule has 0 aliphatic heterocycles. The number of nitrogens with one attached hydrogen (secondary N) is 1. The third-order valence-corrected chi connectivity index (χ3v) is 5.31. The summed E-state index contributed by atoms with van der Waals surface area (Å²) in [6.07, 6.45) is 2.18. The number of carbonyl (C=O) groups is 3. The highest BCUT2D eigenvalue weighted by molar-refractivity contribution is 6.30. The molecule has 0 saturated carbocycles. The van der Waals surface area contributed by atoms with Gasteiger partial charge in [0.2, 0.25) is 0 Å². The molecule has 6 nitrogen and oxygen atoms in total. The minimum atomic E-state index is -0.593. The Morgan fingerprint density at radius 2 is 1.71 bits per heavy atom. The van der Waals surface area contributed by atoms with Crippen LogP contribution in [0.4, 0.5) is 4.79 Å². The van der Waals surface area contributed by atoms with Crippen LogP contribution in [0.2, 0.25) is 5.02 Å². The molecule has 0 aliphatic rings. The average molecular weight is 486 g/mol. The molecule has 0 aromatic heterocycles. The quantitative estimate of drug-likeness (QED) is 0.137. The number of unbranched alkanes of at least 4 members (excludes halogenated alkanes) is 1. The van der Waals surface area contributed by atoms with E-state index in [-0.39, 0.29) is 5.57 Å². The molecular formula is C27H32ClNO5. The molecule has 2 aromatic carbocycles. The first-order chi connectivity index (χ1) is 16.1. The SMILES string of the molecule is C=C(C(=O)Oc1ccccc1)[C@H](c1ccc(Cl)cc1)[C@H](C=O)CCCCNC(=O)OC(C)(C)C. The normalized spacial score (nSPS) is 12.8. The molecule has 2 aromatic rings. The van der Waals surface area contributed by atoms with Gasteiger partial charge in [-0.25, -0.2) is 9.59 Å². The Morgan fingerprint density at radius 1 is 1.06 bits per heavy atom. The van der Waals surface area contributed by atoms with Gasteiger partial charge in [-0.15, -0.1) is 0 Å². The van der Waals surface area contributed by atoms with Gasteiger partial charge in [0, 0.05) is 29.0 Å². The second-order valence-corrected chi connectivity index (χ2v) is 9.42. The lowest BCUT2D eigenvalue weighted by atomic mass is 9.79. The van der Waals surface area contributed by atoms with Gasteiger partial charge in [-0.3, -0.25) is 0 Å². The molecule has 1 amide bonds. The minimum absolute atomic E-state index is 0.190. The van der Waals surface area contributed by atoms with Crippen molar-refractivity contribution in [2.24, 2.45) is 5.92 Å². The maximum Gasteiger partial charge on any atom is 0.407 e. The summed E-state index contributed by atoms with van der Waals surface area (Å²) in [7, 11) is 0. The number of alkyl carbamates (subject to hydrolysis) is 1. The number of esters is 1. The van der Waals surface area contributed by atoms with Gasteiger partial charge < -0.3 is 19.6 Å². The van der Waals surface area contributed by atoms with Gasteiger partial charge in [-0.1, -0.05) is 54.9 Å². The molecule has 0 bridgehead atoms. The van der Waals surface area contributed by atoms with Gasteiger partial charge in [-0.2, -0.15) is 0 Å². The van der Waals surface area contributed by atoms with Crippen LogP contribution >= 0.6 is 11.6 Å². The van der Waals surface area contributed by atoms with Gasteiger partial charge in [0.25, 0.3) is 0 Å². The third kappa shape index (κ3) is 9.02. The number of para-hydroxylation sites is 1. The van der Waals surface area contributed by atoms with Crippen LogP contribution in [0.15, 0.2) is 66.7 Å². The standard InChI is InChI=1S/C27H32ClNO5/c1-19(25(31)33-23-11-6-5-7-12-23)24(20-13-15-22(28)16-14-20)21(18-30)10-8-9-17-29-26(32)34-27(2,3)4/h5-7,11-16,18,21,24H,1,8-10,17H2,2-4H3,(H,29,32)/t21-,24+/m0/s1. The topological polar surface area (TPSA) is 81.7 Å². The Labute approximate surface area is 206 Å².